The third-order valence-electron chi connectivity index (χ3n) is 4.62. The molecule has 2 aliphatic heterocycles. The summed E-state index contributed by atoms with van der Waals surface area (Å²) in [4.78, 5) is 17.9. The first-order valence-electron chi connectivity index (χ1n) is 8.31. The van der Waals surface area contributed by atoms with Crippen LogP contribution in [0.4, 0.5) is 0 Å². The Balaban J connectivity index is 1.82. The van der Waals surface area contributed by atoms with E-state index in [0.717, 1.165) is 5.56 Å². The number of hydroxylamine groups is 2. The zero-order valence-corrected chi connectivity index (χ0v) is 14.6. The number of methoxy groups -OCH3 is 1. The van der Waals surface area contributed by atoms with Gasteiger partial charge in [-0.2, -0.15) is 5.06 Å². The van der Waals surface area contributed by atoms with E-state index < -0.39 is 11.9 Å². The van der Waals surface area contributed by atoms with Gasteiger partial charge in [0.25, 0.3) is 0 Å². The summed E-state index contributed by atoms with van der Waals surface area (Å²) in [5, 5.41) is 1.87. The van der Waals surface area contributed by atoms with Gasteiger partial charge in [0.1, 0.15) is 6.10 Å². The lowest BCUT2D eigenvalue weighted by molar-refractivity contribution is -0.216. The predicted molar refractivity (Wildman–Crippen MR) is 86.9 cm³/mol. The second-order valence-corrected chi connectivity index (χ2v) is 6.73. The normalized spacial score (nSPS) is 31.1. The van der Waals surface area contributed by atoms with E-state index in [0.29, 0.717) is 13.0 Å². The number of carbonyl (C=O) groups excluding carboxylic acids is 1. The zero-order valence-electron chi connectivity index (χ0n) is 14.6. The molecule has 2 heterocycles. The van der Waals surface area contributed by atoms with Crippen LogP contribution in [0.15, 0.2) is 30.3 Å². The molecule has 0 radical (unpaired) electrons. The van der Waals surface area contributed by atoms with Crippen LogP contribution in [0.1, 0.15) is 38.8 Å². The highest BCUT2D eigenvalue weighted by Crippen LogP contribution is 2.37. The summed E-state index contributed by atoms with van der Waals surface area (Å²) in [6.07, 6.45) is -0.243. The van der Waals surface area contributed by atoms with E-state index in [9.17, 15) is 4.79 Å². The van der Waals surface area contributed by atoms with Crippen molar-refractivity contribution in [3.8, 4) is 0 Å². The van der Waals surface area contributed by atoms with Crippen LogP contribution >= 0.6 is 0 Å². The molecular weight excluding hydrogens is 310 g/mol. The van der Waals surface area contributed by atoms with Gasteiger partial charge in [-0.1, -0.05) is 30.3 Å². The summed E-state index contributed by atoms with van der Waals surface area (Å²) in [6.45, 7) is 6.33. The van der Waals surface area contributed by atoms with Gasteiger partial charge in [0.15, 0.2) is 11.9 Å². The highest BCUT2D eigenvalue weighted by molar-refractivity contribution is 5.74. The minimum absolute atomic E-state index is 0.0156. The first kappa shape index (κ1) is 17.4. The van der Waals surface area contributed by atoms with Crippen LogP contribution in [-0.2, 0) is 23.8 Å². The fourth-order valence-electron chi connectivity index (χ4n) is 3.34. The van der Waals surface area contributed by atoms with Crippen LogP contribution in [0.25, 0.3) is 0 Å². The Labute approximate surface area is 142 Å². The molecule has 2 aliphatic rings. The fraction of sp³-hybridized carbons (Fsp3) is 0.611. The fourth-order valence-corrected chi connectivity index (χ4v) is 3.34. The summed E-state index contributed by atoms with van der Waals surface area (Å²) in [5.41, 5.74) is 1.12. The molecule has 0 unspecified atom stereocenters. The van der Waals surface area contributed by atoms with Crippen LogP contribution in [0.2, 0.25) is 0 Å². The molecule has 3 rings (SSSR count). The molecule has 1 aromatic carbocycles. The largest absolute Gasteiger partial charge is 0.467 e. The Morgan fingerprint density at radius 1 is 1.33 bits per heavy atom. The van der Waals surface area contributed by atoms with Crippen molar-refractivity contribution >= 4 is 5.97 Å². The number of nitrogens with zero attached hydrogens (tertiary/aromatic N) is 1. The molecule has 4 atom stereocenters. The number of rotatable bonds is 4. The topological polar surface area (TPSA) is 57.2 Å². The maximum absolute atomic E-state index is 12.0. The molecule has 0 saturated carbocycles. The molecule has 0 aliphatic carbocycles. The van der Waals surface area contributed by atoms with Gasteiger partial charge in [0.2, 0.25) is 0 Å². The average molecular weight is 335 g/mol. The number of carbonyl (C=O) groups is 1. The number of benzene rings is 1. The van der Waals surface area contributed by atoms with Crippen LogP contribution < -0.4 is 0 Å². The van der Waals surface area contributed by atoms with Crippen molar-refractivity contribution in [2.24, 2.45) is 0 Å². The minimum Gasteiger partial charge on any atom is -0.467 e. The molecule has 24 heavy (non-hydrogen) atoms. The van der Waals surface area contributed by atoms with Crippen molar-refractivity contribution < 1.29 is 23.8 Å². The van der Waals surface area contributed by atoms with Crippen molar-refractivity contribution in [2.45, 2.75) is 57.3 Å². The molecule has 6 heteroatoms. The number of hydrogen-bond donors (Lipinski definition) is 0. The van der Waals surface area contributed by atoms with Crippen molar-refractivity contribution in [3.05, 3.63) is 35.9 Å². The summed E-state index contributed by atoms with van der Waals surface area (Å²) < 4.78 is 16.6. The standard InChI is InChI=1S/C18H25NO5/c1-12(13-8-6-5-7-9-13)19-14(10-15(24-19)17(20)21-4)16-11-22-18(2,3)23-16/h5-9,12,14-16H,10-11H2,1-4H3/t12-,14+,15+,16+/m0/s1. The third-order valence-corrected chi connectivity index (χ3v) is 4.62. The van der Waals surface area contributed by atoms with E-state index in [1.54, 1.807) is 0 Å². The van der Waals surface area contributed by atoms with Crippen molar-refractivity contribution in [3.63, 3.8) is 0 Å². The minimum atomic E-state index is -0.615. The summed E-state index contributed by atoms with van der Waals surface area (Å²) in [5.74, 6) is -0.976. The quantitative estimate of drug-likeness (QED) is 0.788. The van der Waals surface area contributed by atoms with E-state index in [1.165, 1.54) is 7.11 Å². The Kier molecular flexibility index (Phi) is 4.92. The maximum Gasteiger partial charge on any atom is 0.337 e. The average Bonchev–Trinajstić information content (AvgIpc) is 3.17. The molecule has 0 amide bonds. The molecule has 0 bridgehead atoms. The Morgan fingerprint density at radius 2 is 2.04 bits per heavy atom. The Bertz CT molecular complexity index is 576. The lowest BCUT2D eigenvalue weighted by atomic mass is 10.0. The van der Waals surface area contributed by atoms with Crippen LogP contribution in [0.5, 0.6) is 0 Å². The van der Waals surface area contributed by atoms with Crippen LogP contribution in [0, 0.1) is 0 Å². The monoisotopic (exact) mass is 335 g/mol. The highest BCUT2D eigenvalue weighted by atomic mass is 16.8. The van der Waals surface area contributed by atoms with E-state index in [4.69, 9.17) is 19.0 Å². The van der Waals surface area contributed by atoms with Gasteiger partial charge in [-0.15, -0.1) is 0 Å². The van der Waals surface area contributed by atoms with E-state index >= 15 is 0 Å². The molecule has 6 nitrogen and oxygen atoms in total. The van der Waals surface area contributed by atoms with Crippen molar-refractivity contribution in [1.29, 1.82) is 0 Å². The molecule has 0 N–H and O–H groups in total. The molecule has 0 spiro atoms. The second-order valence-electron chi connectivity index (χ2n) is 6.73. The van der Waals surface area contributed by atoms with Crippen LogP contribution in [0.3, 0.4) is 0 Å². The SMILES string of the molecule is COC(=O)[C@H]1C[C@H]([C@H]2COC(C)(C)O2)N([C@@H](C)c2ccccc2)O1. The molecule has 0 aromatic heterocycles. The van der Waals surface area contributed by atoms with E-state index in [2.05, 4.69) is 6.92 Å². The maximum atomic E-state index is 12.0. The lowest BCUT2D eigenvalue weighted by Gasteiger charge is -2.32. The van der Waals surface area contributed by atoms with E-state index in [-0.39, 0.29) is 24.2 Å². The predicted octanol–water partition coefficient (Wildman–Crippen LogP) is 2.45. The lowest BCUT2D eigenvalue weighted by Crippen LogP contribution is -2.41. The number of ether oxygens (including phenoxy) is 3. The van der Waals surface area contributed by atoms with Gasteiger partial charge >= 0.3 is 5.97 Å². The number of hydrogen-bond acceptors (Lipinski definition) is 6. The van der Waals surface area contributed by atoms with Gasteiger partial charge < -0.3 is 14.2 Å². The van der Waals surface area contributed by atoms with Gasteiger partial charge in [-0.3, -0.25) is 4.84 Å². The van der Waals surface area contributed by atoms with Gasteiger partial charge in [-0.05, 0) is 26.3 Å². The third kappa shape index (κ3) is 3.47. The summed E-state index contributed by atoms with van der Waals surface area (Å²) in [7, 11) is 1.38. The van der Waals surface area contributed by atoms with Crippen molar-refractivity contribution in [1.82, 2.24) is 5.06 Å². The summed E-state index contributed by atoms with van der Waals surface area (Å²) >= 11 is 0. The van der Waals surface area contributed by atoms with Gasteiger partial charge in [-0.25, -0.2) is 4.79 Å². The molecule has 132 valence electrons. The zero-order chi connectivity index (χ0) is 17.3. The van der Waals surface area contributed by atoms with Gasteiger partial charge in [0, 0.05) is 6.42 Å². The van der Waals surface area contributed by atoms with Gasteiger partial charge in [0.05, 0.1) is 25.8 Å². The second kappa shape index (κ2) is 6.80. The molecule has 1 aromatic rings. The molecule has 2 fully saturated rings. The summed E-state index contributed by atoms with van der Waals surface area (Å²) in [6, 6.07) is 9.97. The number of esters is 1. The Morgan fingerprint density at radius 3 is 2.62 bits per heavy atom. The Hall–Kier alpha value is -1.47. The smallest absolute Gasteiger partial charge is 0.337 e. The van der Waals surface area contributed by atoms with Crippen molar-refractivity contribution in [2.75, 3.05) is 13.7 Å². The molecular formula is C18H25NO5. The van der Waals surface area contributed by atoms with E-state index in [1.807, 2.05) is 49.2 Å². The molecule has 2 saturated heterocycles. The van der Waals surface area contributed by atoms with Crippen LogP contribution in [-0.4, -0.2) is 48.8 Å². The highest BCUT2D eigenvalue weighted by Gasteiger charge is 2.48. The first-order valence-corrected chi connectivity index (χ1v) is 8.31. The first-order chi connectivity index (χ1) is 11.4.